The van der Waals surface area contributed by atoms with Gasteiger partial charge in [0.05, 0.1) is 18.7 Å². The fourth-order valence-electron chi connectivity index (χ4n) is 4.34. The van der Waals surface area contributed by atoms with Crippen molar-refractivity contribution in [3.63, 3.8) is 0 Å². The number of carbonyl (C=O) groups is 2. The summed E-state index contributed by atoms with van der Waals surface area (Å²) < 4.78 is 11.3. The second kappa shape index (κ2) is 10.5. The van der Waals surface area contributed by atoms with Crippen molar-refractivity contribution in [2.45, 2.75) is 26.5 Å². The van der Waals surface area contributed by atoms with Gasteiger partial charge in [-0.15, -0.1) is 10.2 Å². The maximum absolute atomic E-state index is 13.3. The number of aryl methyl sites for hydroxylation is 2. The van der Waals surface area contributed by atoms with E-state index in [1.807, 2.05) is 31.2 Å². The van der Waals surface area contributed by atoms with E-state index in [4.69, 9.17) is 9.47 Å². The highest BCUT2D eigenvalue weighted by atomic mass is 32.1. The zero-order valence-corrected chi connectivity index (χ0v) is 21.9. The van der Waals surface area contributed by atoms with E-state index in [1.54, 1.807) is 55.5 Å². The molecule has 0 spiro atoms. The van der Waals surface area contributed by atoms with Crippen molar-refractivity contribution in [2.75, 3.05) is 12.0 Å². The quantitative estimate of drug-likeness (QED) is 0.196. The SMILES string of the molecule is COc1cccc([C@H]2C(=C(O)c3ccc(OCc4ccccc4C)cc3)C(=O)C(=O)N2c2nnc(C)s2)c1. The first kappa shape index (κ1) is 25.2. The molecule has 192 valence electrons. The molecule has 3 aromatic carbocycles. The molecule has 9 heteroatoms. The standard InChI is InChI=1S/C29H25N3O5S/c1-17-7-4-5-8-21(17)16-37-22-13-11-19(12-14-22)26(33)24-25(20-9-6-10-23(15-20)36-3)32(28(35)27(24)34)29-31-30-18(2)38-29/h4-15,25,33H,16H2,1-3H3/t25-/m0/s1. The van der Waals surface area contributed by atoms with Crippen LogP contribution in [0.25, 0.3) is 5.76 Å². The number of hydrogen-bond donors (Lipinski definition) is 1. The van der Waals surface area contributed by atoms with Gasteiger partial charge in [0.25, 0.3) is 5.78 Å². The van der Waals surface area contributed by atoms with Crippen molar-refractivity contribution in [1.82, 2.24) is 10.2 Å². The largest absolute Gasteiger partial charge is 0.507 e. The third-order valence-corrected chi connectivity index (χ3v) is 7.20. The van der Waals surface area contributed by atoms with Gasteiger partial charge in [-0.25, -0.2) is 0 Å². The smallest absolute Gasteiger partial charge is 0.301 e. The summed E-state index contributed by atoms with van der Waals surface area (Å²) in [5, 5.41) is 20.4. The van der Waals surface area contributed by atoms with Gasteiger partial charge in [0, 0.05) is 5.56 Å². The van der Waals surface area contributed by atoms with Crippen LogP contribution >= 0.6 is 11.3 Å². The number of aliphatic hydroxyl groups is 1. The number of hydrogen-bond acceptors (Lipinski definition) is 8. The molecule has 1 atom stereocenters. The van der Waals surface area contributed by atoms with E-state index in [1.165, 1.54) is 23.3 Å². The van der Waals surface area contributed by atoms with Crippen molar-refractivity contribution < 1.29 is 24.2 Å². The van der Waals surface area contributed by atoms with Crippen molar-refractivity contribution >= 4 is 33.9 Å². The lowest BCUT2D eigenvalue weighted by Gasteiger charge is -2.23. The summed E-state index contributed by atoms with van der Waals surface area (Å²) in [5.41, 5.74) is 3.15. The van der Waals surface area contributed by atoms with Crippen LogP contribution in [0.1, 0.15) is 33.3 Å². The second-order valence-electron chi connectivity index (χ2n) is 8.79. The number of benzene rings is 3. The molecule has 38 heavy (non-hydrogen) atoms. The minimum absolute atomic E-state index is 0.0373. The zero-order valence-electron chi connectivity index (χ0n) is 21.0. The maximum Gasteiger partial charge on any atom is 0.301 e. The Morgan fingerprint density at radius 3 is 2.42 bits per heavy atom. The van der Waals surface area contributed by atoms with Gasteiger partial charge >= 0.3 is 5.91 Å². The van der Waals surface area contributed by atoms with E-state index < -0.39 is 17.7 Å². The lowest BCUT2D eigenvalue weighted by Crippen LogP contribution is -2.29. The number of aliphatic hydroxyl groups excluding tert-OH is 1. The zero-order chi connectivity index (χ0) is 26.8. The van der Waals surface area contributed by atoms with Gasteiger partial charge in [-0.05, 0) is 66.9 Å². The summed E-state index contributed by atoms with van der Waals surface area (Å²) in [6.45, 7) is 4.19. The van der Waals surface area contributed by atoms with Gasteiger partial charge in [-0.2, -0.15) is 0 Å². The number of ether oxygens (including phenoxy) is 2. The van der Waals surface area contributed by atoms with Gasteiger partial charge < -0.3 is 14.6 Å². The monoisotopic (exact) mass is 527 g/mol. The topological polar surface area (TPSA) is 102 Å². The summed E-state index contributed by atoms with van der Waals surface area (Å²) in [6.07, 6.45) is 0. The highest BCUT2D eigenvalue weighted by molar-refractivity contribution is 7.15. The van der Waals surface area contributed by atoms with Crippen LogP contribution in [0.2, 0.25) is 0 Å². The summed E-state index contributed by atoms with van der Waals surface area (Å²) in [5.74, 6) is -0.710. The third kappa shape index (κ3) is 4.76. The van der Waals surface area contributed by atoms with Crippen LogP contribution in [-0.2, 0) is 16.2 Å². The number of anilines is 1. The van der Waals surface area contributed by atoms with E-state index in [0.717, 1.165) is 11.1 Å². The molecule has 1 fully saturated rings. The Morgan fingerprint density at radius 2 is 1.74 bits per heavy atom. The lowest BCUT2D eigenvalue weighted by atomic mass is 9.95. The molecule has 1 amide bonds. The molecular weight excluding hydrogens is 502 g/mol. The Bertz CT molecular complexity index is 1540. The van der Waals surface area contributed by atoms with Gasteiger partial charge in [0.2, 0.25) is 5.13 Å². The molecule has 0 saturated carbocycles. The van der Waals surface area contributed by atoms with Crippen molar-refractivity contribution in [2.24, 2.45) is 0 Å². The fourth-order valence-corrected chi connectivity index (χ4v) is 5.05. The molecule has 4 aromatic rings. The predicted octanol–water partition coefficient (Wildman–Crippen LogP) is 5.37. The molecule has 1 N–H and O–H groups in total. The second-order valence-corrected chi connectivity index (χ2v) is 9.95. The highest BCUT2D eigenvalue weighted by Gasteiger charge is 2.48. The van der Waals surface area contributed by atoms with E-state index in [9.17, 15) is 14.7 Å². The lowest BCUT2D eigenvalue weighted by molar-refractivity contribution is -0.132. The molecule has 0 unspecified atom stereocenters. The Hall–Kier alpha value is -4.50. The minimum Gasteiger partial charge on any atom is -0.507 e. The van der Waals surface area contributed by atoms with Crippen LogP contribution in [0.5, 0.6) is 11.5 Å². The van der Waals surface area contributed by atoms with E-state index in [-0.39, 0.29) is 16.5 Å². The van der Waals surface area contributed by atoms with Gasteiger partial charge in [0.1, 0.15) is 28.9 Å². The Kier molecular flexibility index (Phi) is 6.93. The molecule has 1 aliphatic heterocycles. The molecule has 5 rings (SSSR count). The first-order chi connectivity index (χ1) is 18.4. The van der Waals surface area contributed by atoms with E-state index in [0.29, 0.717) is 34.2 Å². The molecular formula is C29H25N3O5S. The summed E-state index contributed by atoms with van der Waals surface area (Å²) >= 11 is 1.19. The fraction of sp³-hybridized carbons (Fsp3) is 0.172. The van der Waals surface area contributed by atoms with E-state index >= 15 is 0 Å². The first-order valence-corrected chi connectivity index (χ1v) is 12.7. The normalized spacial score (nSPS) is 16.6. The Labute approximate surface area is 223 Å². The molecule has 2 heterocycles. The van der Waals surface area contributed by atoms with E-state index in [2.05, 4.69) is 10.2 Å². The molecule has 1 aliphatic rings. The average molecular weight is 528 g/mol. The van der Waals surface area contributed by atoms with Crippen LogP contribution < -0.4 is 14.4 Å². The molecule has 0 aliphatic carbocycles. The number of methoxy groups -OCH3 is 1. The highest BCUT2D eigenvalue weighted by Crippen LogP contribution is 2.43. The number of carbonyl (C=O) groups excluding carboxylic acids is 2. The van der Waals surface area contributed by atoms with Crippen LogP contribution in [0, 0.1) is 13.8 Å². The number of aromatic nitrogens is 2. The summed E-state index contributed by atoms with van der Waals surface area (Å²) in [6, 6.07) is 20.9. The van der Waals surface area contributed by atoms with Crippen molar-refractivity contribution in [1.29, 1.82) is 0 Å². The maximum atomic E-state index is 13.3. The number of ketones is 1. The first-order valence-electron chi connectivity index (χ1n) is 11.9. The number of rotatable bonds is 7. The predicted molar refractivity (Wildman–Crippen MR) is 144 cm³/mol. The number of nitrogens with zero attached hydrogens (tertiary/aromatic N) is 3. The van der Waals surface area contributed by atoms with Gasteiger partial charge in [0.15, 0.2) is 0 Å². The molecule has 0 bridgehead atoms. The summed E-state index contributed by atoms with van der Waals surface area (Å²) in [4.78, 5) is 27.8. The van der Waals surface area contributed by atoms with Crippen LogP contribution in [0.15, 0.2) is 78.4 Å². The van der Waals surface area contributed by atoms with Crippen LogP contribution in [0.3, 0.4) is 0 Å². The van der Waals surface area contributed by atoms with Crippen LogP contribution in [0.4, 0.5) is 5.13 Å². The molecule has 1 saturated heterocycles. The third-order valence-electron chi connectivity index (χ3n) is 6.36. The number of Topliss-reactive ketones (excluding diaryl/α,β-unsaturated/α-hetero) is 1. The summed E-state index contributed by atoms with van der Waals surface area (Å²) in [7, 11) is 1.53. The molecule has 1 aromatic heterocycles. The van der Waals surface area contributed by atoms with Gasteiger partial charge in [-0.3, -0.25) is 14.5 Å². The average Bonchev–Trinajstić information content (AvgIpc) is 3.48. The van der Waals surface area contributed by atoms with Crippen molar-refractivity contribution in [3.8, 4) is 11.5 Å². The Morgan fingerprint density at radius 1 is 0.974 bits per heavy atom. The molecule has 8 nitrogen and oxygen atoms in total. The van der Waals surface area contributed by atoms with Crippen molar-refractivity contribution in [3.05, 3.63) is 106 Å². The Balaban J connectivity index is 1.52. The minimum atomic E-state index is -0.908. The number of amides is 1. The van der Waals surface area contributed by atoms with Crippen LogP contribution in [-0.4, -0.2) is 34.1 Å². The van der Waals surface area contributed by atoms with Gasteiger partial charge in [-0.1, -0.05) is 47.7 Å². The molecule has 0 radical (unpaired) electrons.